The zero-order chi connectivity index (χ0) is 29.2. The fraction of sp³-hybridized carbons (Fsp3) is 0.400. The van der Waals surface area contributed by atoms with Gasteiger partial charge in [0.1, 0.15) is 4.70 Å². The molecule has 1 aliphatic rings. The van der Waals surface area contributed by atoms with E-state index in [1.54, 1.807) is 26.0 Å². The number of fused-ring (bicyclic) bond motifs is 2. The summed E-state index contributed by atoms with van der Waals surface area (Å²) in [6.45, 7) is 5.79. The third-order valence-corrected chi connectivity index (χ3v) is 11.9. The molecule has 2 unspecified atom stereocenters. The lowest BCUT2D eigenvalue weighted by atomic mass is 10.2. The van der Waals surface area contributed by atoms with Crippen LogP contribution in [0.2, 0.25) is 10.0 Å². The predicted molar refractivity (Wildman–Crippen MR) is 161 cm³/mol. The van der Waals surface area contributed by atoms with Gasteiger partial charge in [0.25, 0.3) is 15.1 Å². The van der Waals surface area contributed by atoms with E-state index in [0.29, 0.717) is 36.1 Å². The van der Waals surface area contributed by atoms with Crippen LogP contribution in [0.4, 0.5) is 5.69 Å². The molecule has 1 N–H and O–H groups in total. The molecule has 15 heteroatoms. The summed E-state index contributed by atoms with van der Waals surface area (Å²) in [7, 11) is -8.24. The van der Waals surface area contributed by atoms with Gasteiger partial charge in [-0.15, -0.1) is 0 Å². The van der Waals surface area contributed by atoms with Crippen molar-refractivity contribution in [2.24, 2.45) is 0 Å². The summed E-state index contributed by atoms with van der Waals surface area (Å²) >= 11 is 15.6. The third-order valence-electron chi connectivity index (χ3n) is 6.46. The number of aromatic nitrogens is 1. The number of thioether (sulfide) groups is 1. The third kappa shape index (κ3) is 7.31. The van der Waals surface area contributed by atoms with Gasteiger partial charge in [-0.25, -0.2) is 8.42 Å². The van der Waals surface area contributed by atoms with Crippen LogP contribution in [0.15, 0.2) is 46.3 Å². The standard InChI is InChI=1S/C25H29Cl2N3O6S4/c1-4-28-36-40(34,35)17(3)10-12-30-21-14-19(27)6-8-23(21)38-25(30)15-24-29(11-9-16(2)39(31,32)33)20-13-18(26)5-7-22(20)37-24/h5-8,13-17,28H,4,9-12H2,1-3H3. The van der Waals surface area contributed by atoms with Crippen LogP contribution in [0.25, 0.3) is 16.3 Å². The highest BCUT2D eigenvalue weighted by molar-refractivity contribution is 8.04. The summed E-state index contributed by atoms with van der Waals surface area (Å²) < 4.78 is 67.5. The van der Waals surface area contributed by atoms with E-state index in [1.165, 1.54) is 30.0 Å². The number of hydrogen-bond donors (Lipinski definition) is 1. The molecule has 2 heterocycles. The first-order valence-corrected chi connectivity index (χ1v) is 17.8. The summed E-state index contributed by atoms with van der Waals surface area (Å²) in [5.74, 6) is 0. The van der Waals surface area contributed by atoms with Crippen LogP contribution < -0.4 is 14.9 Å². The minimum atomic E-state index is -4.43. The van der Waals surface area contributed by atoms with Crippen LogP contribution in [0.5, 0.6) is 0 Å². The Balaban J connectivity index is 1.71. The number of anilines is 1. The van der Waals surface area contributed by atoms with Crippen molar-refractivity contribution in [2.75, 3.05) is 18.0 Å². The van der Waals surface area contributed by atoms with Crippen molar-refractivity contribution in [1.29, 1.82) is 0 Å². The maximum atomic E-state index is 12.5. The number of halogens is 2. The molecular formula is C25H29Cl2N3O6S4. The van der Waals surface area contributed by atoms with Crippen molar-refractivity contribution in [1.82, 2.24) is 5.48 Å². The minimum absolute atomic E-state index is 0.138. The lowest BCUT2D eigenvalue weighted by Gasteiger charge is -2.22. The van der Waals surface area contributed by atoms with Gasteiger partial charge in [0.05, 0.1) is 37.4 Å². The van der Waals surface area contributed by atoms with Crippen molar-refractivity contribution in [3.05, 3.63) is 56.5 Å². The molecule has 0 fully saturated rings. The monoisotopic (exact) mass is 665 g/mol. The summed E-state index contributed by atoms with van der Waals surface area (Å²) in [4.78, 5) is 2.99. The van der Waals surface area contributed by atoms with E-state index in [0.717, 1.165) is 30.8 Å². The van der Waals surface area contributed by atoms with Crippen molar-refractivity contribution in [3.8, 4) is 0 Å². The van der Waals surface area contributed by atoms with E-state index in [9.17, 15) is 21.4 Å². The van der Waals surface area contributed by atoms with Gasteiger partial charge in [-0.05, 0) is 50.6 Å². The number of hydroxylamine groups is 1. The maximum absolute atomic E-state index is 12.5. The molecule has 0 spiro atoms. The molecule has 0 saturated heterocycles. The Morgan fingerprint density at radius 3 is 2.48 bits per heavy atom. The van der Waals surface area contributed by atoms with Crippen LogP contribution in [-0.4, -0.2) is 45.0 Å². The smallest absolute Gasteiger partial charge is 0.285 e. The Hall–Kier alpha value is -1.42. The largest absolute Gasteiger partial charge is 0.748 e. The van der Waals surface area contributed by atoms with Gasteiger partial charge in [-0.1, -0.05) is 53.2 Å². The average molecular weight is 667 g/mol. The van der Waals surface area contributed by atoms with E-state index >= 15 is 0 Å². The van der Waals surface area contributed by atoms with E-state index in [4.69, 9.17) is 27.5 Å². The van der Waals surface area contributed by atoms with Gasteiger partial charge < -0.3 is 9.45 Å². The number of thiazole rings is 1. The molecule has 2 atom stereocenters. The van der Waals surface area contributed by atoms with Crippen molar-refractivity contribution in [3.63, 3.8) is 0 Å². The van der Waals surface area contributed by atoms with Gasteiger partial charge in [0.15, 0.2) is 6.54 Å². The molecule has 2 aromatic carbocycles. The van der Waals surface area contributed by atoms with E-state index in [-0.39, 0.29) is 6.42 Å². The fourth-order valence-corrected chi connectivity index (χ4v) is 7.92. The molecule has 3 aromatic rings. The molecule has 0 bridgehead atoms. The van der Waals surface area contributed by atoms with Gasteiger partial charge in [0, 0.05) is 40.5 Å². The molecule has 0 radical (unpaired) electrons. The molecule has 1 aromatic heterocycles. The van der Waals surface area contributed by atoms with Crippen molar-refractivity contribution >= 4 is 88.5 Å². The minimum Gasteiger partial charge on any atom is -0.748 e. The Morgan fingerprint density at radius 2 is 1.77 bits per heavy atom. The Labute approximate surface area is 252 Å². The molecule has 9 nitrogen and oxygen atoms in total. The summed E-state index contributed by atoms with van der Waals surface area (Å²) in [5.41, 5.74) is 4.10. The van der Waals surface area contributed by atoms with E-state index < -0.39 is 30.7 Å². The van der Waals surface area contributed by atoms with Crippen LogP contribution in [0.1, 0.15) is 38.6 Å². The Kier molecular flexibility index (Phi) is 10.1. The lowest BCUT2D eigenvalue weighted by molar-refractivity contribution is -0.669. The highest BCUT2D eigenvalue weighted by Crippen LogP contribution is 2.48. The second-order valence-electron chi connectivity index (χ2n) is 9.32. The van der Waals surface area contributed by atoms with Gasteiger partial charge >= 0.3 is 0 Å². The highest BCUT2D eigenvalue weighted by atomic mass is 35.5. The predicted octanol–water partition coefficient (Wildman–Crippen LogP) is 5.38. The maximum Gasteiger partial charge on any atom is 0.285 e. The molecule has 40 heavy (non-hydrogen) atoms. The van der Waals surface area contributed by atoms with E-state index in [1.807, 2.05) is 39.8 Å². The van der Waals surface area contributed by atoms with Gasteiger partial charge in [-0.3, -0.25) is 0 Å². The van der Waals surface area contributed by atoms with Crippen LogP contribution >= 0.6 is 46.3 Å². The molecule has 218 valence electrons. The zero-order valence-corrected chi connectivity index (χ0v) is 26.7. The Morgan fingerprint density at radius 1 is 1.07 bits per heavy atom. The Bertz CT molecular complexity index is 1640. The molecular weight excluding hydrogens is 637 g/mol. The average Bonchev–Trinajstić information content (AvgIpc) is 3.40. The van der Waals surface area contributed by atoms with Gasteiger partial charge in [-0.2, -0.15) is 22.7 Å². The molecule has 0 saturated carbocycles. The first-order chi connectivity index (χ1) is 18.8. The topological polar surface area (TPSA) is 120 Å². The second-order valence-corrected chi connectivity index (χ2v) is 16.1. The number of nitrogens with one attached hydrogen (secondary N) is 1. The molecule has 0 amide bonds. The van der Waals surface area contributed by atoms with Crippen molar-refractivity contribution in [2.45, 2.75) is 55.6 Å². The van der Waals surface area contributed by atoms with Crippen molar-refractivity contribution < 1.29 is 30.2 Å². The quantitative estimate of drug-likeness (QED) is 0.154. The molecule has 0 aliphatic carbocycles. The zero-order valence-electron chi connectivity index (χ0n) is 22.0. The number of benzene rings is 2. The number of nitrogens with zero attached hydrogens (tertiary/aromatic N) is 2. The SMILES string of the molecule is CCNOS(=O)(=O)C(C)CCN1/C(=C/c2sc3ccc(Cl)cc3[n+]2CCC(C)S(=O)(=O)[O-])Sc2ccc(Cl)cc21. The first-order valence-electron chi connectivity index (χ1n) is 12.5. The summed E-state index contributed by atoms with van der Waals surface area (Å²) in [6.07, 6.45) is 2.42. The highest BCUT2D eigenvalue weighted by Gasteiger charge is 2.31. The summed E-state index contributed by atoms with van der Waals surface area (Å²) in [6, 6.07) is 11.1. The van der Waals surface area contributed by atoms with Crippen LogP contribution in [0.3, 0.4) is 0 Å². The molecule has 1 aliphatic heterocycles. The second kappa shape index (κ2) is 12.8. The number of aryl methyl sites for hydroxylation is 1. The number of hydrogen-bond acceptors (Lipinski definition) is 10. The van der Waals surface area contributed by atoms with Crippen LogP contribution in [0, 0.1) is 0 Å². The summed E-state index contributed by atoms with van der Waals surface area (Å²) in [5, 5.41) is 0.956. The van der Waals surface area contributed by atoms with E-state index in [2.05, 4.69) is 5.48 Å². The fourth-order valence-electron chi connectivity index (χ4n) is 4.06. The number of rotatable bonds is 12. The van der Waals surface area contributed by atoms with Gasteiger partial charge in [0.2, 0.25) is 5.52 Å². The normalized spacial score (nSPS) is 16.6. The molecule has 4 rings (SSSR count). The van der Waals surface area contributed by atoms with Crippen LogP contribution in [-0.2, 0) is 31.1 Å². The first kappa shape index (κ1) is 31.5. The lowest BCUT2D eigenvalue weighted by Crippen LogP contribution is -2.38.